The van der Waals surface area contributed by atoms with Crippen LogP contribution >= 0.6 is 15.9 Å². The summed E-state index contributed by atoms with van der Waals surface area (Å²) >= 11 is 3.09. The maximum atomic E-state index is 13.4. The highest BCUT2D eigenvalue weighted by Crippen LogP contribution is 2.35. The summed E-state index contributed by atoms with van der Waals surface area (Å²) in [5.41, 5.74) is 6.33. The van der Waals surface area contributed by atoms with Gasteiger partial charge in [0.15, 0.2) is 5.75 Å². The van der Waals surface area contributed by atoms with Gasteiger partial charge >= 0.3 is 0 Å². The molecule has 0 heterocycles. The van der Waals surface area contributed by atoms with Crippen molar-refractivity contribution in [2.45, 2.75) is 6.92 Å². The molecule has 0 aromatic heterocycles. The first-order valence-corrected chi connectivity index (χ1v) is 6.55. The van der Waals surface area contributed by atoms with E-state index in [1.165, 1.54) is 6.07 Å². The number of rotatable bonds is 4. The van der Waals surface area contributed by atoms with Crippen molar-refractivity contribution in [3.63, 3.8) is 0 Å². The molecule has 0 radical (unpaired) electrons. The molecule has 2 N–H and O–H groups in total. The van der Waals surface area contributed by atoms with Crippen molar-refractivity contribution in [1.82, 2.24) is 0 Å². The molecule has 0 spiro atoms. The fourth-order valence-corrected chi connectivity index (χ4v) is 1.81. The van der Waals surface area contributed by atoms with Crippen molar-refractivity contribution < 1.29 is 13.9 Å². The van der Waals surface area contributed by atoms with Gasteiger partial charge in [0.25, 0.3) is 0 Å². The molecule has 0 aliphatic rings. The van der Waals surface area contributed by atoms with Crippen LogP contribution in [0.3, 0.4) is 0 Å². The Morgan fingerprint density at radius 2 is 1.95 bits per heavy atom. The average molecular weight is 326 g/mol. The van der Waals surface area contributed by atoms with Crippen LogP contribution in [-0.4, -0.2) is 6.61 Å². The van der Waals surface area contributed by atoms with Gasteiger partial charge in [0.2, 0.25) is 0 Å². The van der Waals surface area contributed by atoms with Crippen LogP contribution in [0.4, 0.5) is 10.1 Å². The molecule has 0 fully saturated rings. The van der Waals surface area contributed by atoms with Gasteiger partial charge < -0.3 is 15.2 Å². The summed E-state index contributed by atoms with van der Waals surface area (Å²) in [6.45, 7) is 2.39. The molecule has 3 nitrogen and oxygen atoms in total. The zero-order chi connectivity index (χ0) is 13.8. The van der Waals surface area contributed by atoms with Crippen LogP contribution in [-0.2, 0) is 0 Å². The maximum Gasteiger partial charge on any atom is 0.154 e. The second-order valence-corrected chi connectivity index (χ2v) is 4.63. The molecule has 0 amide bonds. The predicted octanol–water partition coefficient (Wildman–Crippen LogP) is 4.36. The van der Waals surface area contributed by atoms with E-state index >= 15 is 0 Å². The molecule has 0 atom stereocenters. The first-order chi connectivity index (χ1) is 9.11. The summed E-state index contributed by atoms with van der Waals surface area (Å²) in [6.07, 6.45) is 0. The minimum absolute atomic E-state index is 0.376. The lowest BCUT2D eigenvalue weighted by molar-refractivity contribution is 0.340. The summed E-state index contributed by atoms with van der Waals surface area (Å²) in [5, 5.41) is 0. The van der Waals surface area contributed by atoms with E-state index in [9.17, 15) is 4.39 Å². The molecule has 0 bridgehead atoms. The zero-order valence-electron chi connectivity index (χ0n) is 10.3. The highest BCUT2D eigenvalue weighted by molar-refractivity contribution is 9.10. The van der Waals surface area contributed by atoms with Crippen molar-refractivity contribution in [3.8, 4) is 17.2 Å². The van der Waals surface area contributed by atoms with E-state index in [-0.39, 0.29) is 0 Å². The first-order valence-electron chi connectivity index (χ1n) is 5.76. The smallest absolute Gasteiger partial charge is 0.154 e. The van der Waals surface area contributed by atoms with Crippen LogP contribution in [0.5, 0.6) is 17.2 Å². The van der Waals surface area contributed by atoms with E-state index in [1.54, 1.807) is 30.3 Å². The number of halogens is 2. The topological polar surface area (TPSA) is 44.5 Å². The second-order valence-electron chi connectivity index (χ2n) is 3.78. The van der Waals surface area contributed by atoms with E-state index in [1.807, 2.05) is 6.92 Å². The molecule has 19 heavy (non-hydrogen) atoms. The fraction of sp³-hybridized carbons (Fsp3) is 0.143. The molecular weight excluding hydrogens is 313 g/mol. The molecule has 0 aliphatic heterocycles. The van der Waals surface area contributed by atoms with Crippen LogP contribution in [0.2, 0.25) is 0 Å². The molecule has 2 aromatic rings. The Balaban J connectivity index is 2.27. The highest BCUT2D eigenvalue weighted by Gasteiger charge is 2.09. The standard InChI is InChI=1S/C14H13BrFNO2/c1-2-18-12-4-3-5-13(14(12)17)19-9-6-7-10(15)11(16)8-9/h3-8H,2,17H2,1H3. The van der Waals surface area contributed by atoms with Crippen LogP contribution in [0.1, 0.15) is 6.92 Å². The van der Waals surface area contributed by atoms with E-state index in [2.05, 4.69) is 15.9 Å². The van der Waals surface area contributed by atoms with Crippen LogP contribution in [0.15, 0.2) is 40.9 Å². The summed E-state index contributed by atoms with van der Waals surface area (Å²) in [7, 11) is 0. The largest absolute Gasteiger partial charge is 0.492 e. The van der Waals surface area contributed by atoms with E-state index in [0.29, 0.717) is 34.0 Å². The Morgan fingerprint density at radius 1 is 1.21 bits per heavy atom. The number of hydrogen-bond acceptors (Lipinski definition) is 3. The Morgan fingerprint density at radius 3 is 2.63 bits per heavy atom. The van der Waals surface area contributed by atoms with Crippen LogP contribution < -0.4 is 15.2 Å². The molecule has 5 heteroatoms. The van der Waals surface area contributed by atoms with Gasteiger partial charge in [-0.2, -0.15) is 0 Å². The van der Waals surface area contributed by atoms with Crippen molar-refractivity contribution in [3.05, 3.63) is 46.7 Å². The van der Waals surface area contributed by atoms with Gasteiger partial charge in [-0.25, -0.2) is 4.39 Å². The van der Waals surface area contributed by atoms with E-state index in [0.717, 1.165) is 0 Å². The number of anilines is 1. The van der Waals surface area contributed by atoms with Gasteiger partial charge in [-0.05, 0) is 47.1 Å². The van der Waals surface area contributed by atoms with Crippen molar-refractivity contribution in [1.29, 1.82) is 0 Å². The minimum Gasteiger partial charge on any atom is -0.492 e. The van der Waals surface area contributed by atoms with Crippen molar-refractivity contribution >= 4 is 21.6 Å². The van der Waals surface area contributed by atoms with Gasteiger partial charge in [-0.1, -0.05) is 6.07 Å². The normalized spacial score (nSPS) is 10.3. The number of ether oxygens (including phenoxy) is 2. The Hall–Kier alpha value is -1.75. The zero-order valence-corrected chi connectivity index (χ0v) is 11.9. The summed E-state index contributed by atoms with van der Waals surface area (Å²) in [5.74, 6) is 0.975. The number of para-hydroxylation sites is 1. The lowest BCUT2D eigenvalue weighted by atomic mass is 10.2. The average Bonchev–Trinajstić information content (AvgIpc) is 2.39. The van der Waals surface area contributed by atoms with Gasteiger partial charge in [0.1, 0.15) is 23.0 Å². The van der Waals surface area contributed by atoms with Gasteiger partial charge in [-0.3, -0.25) is 0 Å². The predicted molar refractivity (Wildman–Crippen MR) is 76.2 cm³/mol. The van der Waals surface area contributed by atoms with Crippen molar-refractivity contribution in [2.24, 2.45) is 0 Å². The minimum atomic E-state index is -0.392. The molecule has 100 valence electrons. The Bertz CT molecular complexity index is 590. The van der Waals surface area contributed by atoms with Gasteiger partial charge in [-0.15, -0.1) is 0 Å². The fourth-order valence-electron chi connectivity index (χ4n) is 1.56. The molecular formula is C14H13BrFNO2. The van der Waals surface area contributed by atoms with Crippen LogP contribution in [0, 0.1) is 5.82 Å². The number of nitrogens with two attached hydrogens (primary N) is 1. The van der Waals surface area contributed by atoms with Crippen molar-refractivity contribution in [2.75, 3.05) is 12.3 Å². The van der Waals surface area contributed by atoms with Gasteiger partial charge in [0.05, 0.1) is 11.1 Å². The molecule has 0 aliphatic carbocycles. The molecule has 0 saturated carbocycles. The Labute approximate surface area is 119 Å². The SMILES string of the molecule is CCOc1cccc(Oc2ccc(Br)c(F)c2)c1N. The highest BCUT2D eigenvalue weighted by atomic mass is 79.9. The third-order valence-electron chi connectivity index (χ3n) is 2.44. The lowest BCUT2D eigenvalue weighted by Crippen LogP contribution is -1.99. The molecule has 2 rings (SSSR count). The second kappa shape index (κ2) is 5.93. The maximum absolute atomic E-state index is 13.4. The quantitative estimate of drug-likeness (QED) is 0.849. The summed E-state index contributed by atoms with van der Waals surface area (Å²) < 4.78 is 24.7. The molecule has 2 aromatic carbocycles. The summed E-state index contributed by atoms with van der Waals surface area (Å²) in [6, 6.07) is 9.75. The number of hydrogen-bond donors (Lipinski definition) is 1. The number of benzene rings is 2. The third-order valence-corrected chi connectivity index (χ3v) is 3.09. The lowest BCUT2D eigenvalue weighted by Gasteiger charge is -2.12. The Kier molecular flexibility index (Phi) is 4.27. The third kappa shape index (κ3) is 3.17. The molecule has 0 unspecified atom stereocenters. The van der Waals surface area contributed by atoms with Crippen LogP contribution in [0.25, 0.3) is 0 Å². The van der Waals surface area contributed by atoms with E-state index in [4.69, 9.17) is 15.2 Å². The molecule has 0 saturated heterocycles. The summed E-state index contributed by atoms with van der Waals surface area (Å²) in [4.78, 5) is 0. The first kappa shape index (κ1) is 13.7. The monoisotopic (exact) mass is 325 g/mol. The van der Waals surface area contributed by atoms with E-state index < -0.39 is 5.82 Å². The van der Waals surface area contributed by atoms with Gasteiger partial charge in [0, 0.05) is 6.07 Å². The number of nitrogen functional groups attached to an aromatic ring is 1.